The first-order chi connectivity index (χ1) is 7.38. The summed E-state index contributed by atoms with van der Waals surface area (Å²) in [6.45, 7) is 3.79. The maximum absolute atomic E-state index is 3.79. The molecule has 1 aliphatic carbocycles. The highest BCUT2D eigenvalue weighted by atomic mass is 14.9. The van der Waals surface area contributed by atoms with E-state index in [2.05, 4.69) is 36.2 Å². The van der Waals surface area contributed by atoms with Crippen molar-refractivity contribution in [2.75, 3.05) is 5.32 Å². The topological polar surface area (TPSA) is 12.0 Å². The van der Waals surface area contributed by atoms with Crippen LogP contribution in [-0.4, -0.2) is 6.04 Å². The molecule has 0 amide bonds. The zero-order chi connectivity index (χ0) is 10.5. The van der Waals surface area contributed by atoms with Gasteiger partial charge in [0.25, 0.3) is 0 Å². The van der Waals surface area contributed by atoms with Gasteiger partial charge in [-0.05, 0) is 30.5 Å². The lowest BCUT2D eigenvalue weighted by Gasteiger charge is -2.23. The minimum Gasteiger partial charge on any atom is -0.382 e. The third-order valence-electron chi connectivity index (χ3n) is 3.10. The Bertz CT molecular complexity index is 324. The molecule has 0 radical (unpaired) electrons. The largest absolute Gasteiger partial charge is 0.382 e. The lowest BCUT2D eigenvalue weighted by molar-refractivity contribution is 0.463. The van der Waals surface area contributed by atoms with E-state index in [0.29, 0.717) is 6.04 Å². The SMILES string of the molecule is C=Cc1cccc(NC2CCCCC2)c1. The molecule has 0 heterocycles. The third-order valence-corrected chi connectivity index (χ3v) is 3.10. The van der Waals surface area contributed by atoms with Gasteiger partial charge < -0.3 is 5.32 Å². The highest BCUT2D eigenvalue weighted by Gasteiger charge is 2.12. The van der Waals surface area contributed by atoms with Crippen molar-refractivity contribution in [3.8, 4) is 0 Å². The summed E-state index contributed by atoms with van der Waals surface area (Å²) in [5.74, 6) is 0. The first kappa shape index (κ1) is 10.3. The van der Waals surface area contributed by atoms with E-state index in [-0.39, 0.29) is 0 Å². The molecule has 15 heavy (non-hydrogen) atoms. The fourth-order valence-corrected chi connectivity index (χ4v) is 2.24. The van der Waals surface area contributed by atoms with Crippen LogP contribution in [-0.2, 0) is 0 Å². The first-order valence-corrected chi connectivity index (χ1v) is 5.87. The molecule has 0 spiro atoms. The van der Waals surface area contributed by atoms with Crippen molar-refractivity contribution in [2.24, 2.45) is 0 Å². The van der Waals surface area contributed by atoms with Crippen LogP contribution in [0, 0.1) is 0 Å². The predicted octanol–water partition coefficient (Wildman–Crippen LogP) is 4.07. The Morgan fingerprint density at radius 2 is 2.00 bits per heavy atom. The highest BCUT2D eigenvalue weighted by molar-refractivity contribution is 5.56. The van der Waals surface area contributed by atoms with Crippen molar-refractivity contribution in [3.05, 3.63) is 36.4 Å². The van der Waals surface area contributed by atoms with Gasteiger partial charge in [0.05, 0.1) is 0 Å². The van der Waals surface area contributed by atoms with Crippen molar-refractivity contribution in [1.29, 1.82) is 0 Å². The average Bonchev–Trinajstić information content (AvgIpc) is 2.31. The Morgan fingerprint density at radius 3 is 2.73 bits per heavy atom. The van der Waals surface area contributed by atoms with Crippen LogP contribution in [0.1, 0.15) is 37.7 Å². The second-order valence-corrected chi connectivity index (χ2v) is 4.31. The molecular formula is C14H19N. The molecule has 1 aromatic rings. The lowest BCUT2D eigenvalue weighted by atomic mass is 9.95. The molecule has 1 heteroatoms. The standard InChI is InChI=1S/C14H19N/c1-2-12-7-6-10-14(11-12)15-13-8-4-3-5-9-13/h2,6-7,10-11,13,15H,1,3-5,8-9H2. The van der Waals surface area contributed by atoms with Crippen molar-refractivity contribution in [2.45, 2.75) is 38.1 Å². The van der Waals surface area contributed by atoms with E-state index in [1.807, 2.05) is 6.08 Å². The van der Waals surface area contributed by atoms with E-state index in [9.17, 15) is 0 Å². The fraction of sp³-hybridized carbons (Fsp3) is 0.429. The number of benzene rings is 1. The number of nitrogens with one attached hydrogen (secondary N) is 1. The van der Waals surface area contributed by atoms with Crippen LogP contribution in [0.2, 0.25) is 0 Å². The summed E-state index contributed by atoms with van der Waals surface area (Å²) in [6, 6.07) is 9.16. The van der Waals surface area contributed by atoms with Crippen molar-refractivity contribution < 1.29 is 0 Å². The summed E-state index contributed by atoms with van der Waals surface area (Å²) >= 11 is 0. The van der Waals surface area contributed by atoms with E-state index < -0.39 is 0 Å². The zero-order valence-electron chi connectivity index (χ0n) is 9.21. The van der Waals surface area contributed by atoms with Gasteiger partial charge in [-0.15, -0.1) is 0 Å². The van der Waals surface area contributed by atoms with Gasteiger partial charge in [0, 0.05) is 11.7 Å². The Morgan fingerprint density at radius 1 is 1.20 bits per heavy atom. The van der Waals surface area contributed by atoms with Crippen LogP contribution >= 0.6 is 0 Å². The smallest absolute Gasteiger partial charge is 0.0348 e. The summed E-state index contributed by atoms with van der Waals surface area (Å²) in [5, 5.41) is 3.61. The van der Waals surface area contributed by atoms with Crippen LogP contribution in [0.15, 0.2) is 30.8 Å². The number of anilines is 1. The maximum atomic E-state index is 3.79. The molecule has 0 atom stereocenters. The van der Waals surface area contributed by atoms with E-state index in [0.717, 1.165) is 0 Å². The van der Waals surface area contributed by atoms with Gasteiger partial charge in [-0.3, -0.25) is 0 Å². The molecule has 0 aromatic heterocycles. The maximum Gasteiger partial charge on any atom is 0.0348 e. The average molecular weight is 201 g/mol. The lowest BCUT2D eigenvalue weighted by Crippen LogP contribution is -2.22. The molecule has 1 aliphatic rings. The highest BCUT2D eigenvalue weighted by Crippen LogP contribution is 2.22. The molecule has 1 nitrogen and oxygen atoms in total. The van der Waals surface area contributed by atoms with Crippen molar-refractivity contribution >= 4 is 11.8 Å². The Labute approximate surface area is 92.2 Å². The van der Waals surface area contributed by atoms with Gasteiger partial charge in [-0.25, -0.2) is 0 Å². The molecule has 2 rings (SSSR count). The summed E-state index contributed by atoms with van der Waals surface area (Å²) in [4.78, 5) is 0. The van der Waals surface area contributed by atoms with Gasteiger partial charge >= 0.3 is 0 Å². The van der Waals surface area contributed by atoms with E-state index in [1.54, 1.807) is 0 Å². The van der Waals surface area contributed by atoms with Gasteiger partial charge in [-0.2, -0.15) is 0 Å². The number of hydrogen-bond acceptors (Lipinski definition) is 1. The van der Waals surface area contributed by atoms with E-state index in [4.69, 9.17) is 0 Å². The minimum absolute atomic E-state index is 0.679. The summed E-state index contributed by atoms with van der Waals surface area (Å²) in [6.07, 6.45) is 8.69. The molecular weight excluding hydrogens is 182 g/mol. The predicted molar refractivity (Wildman–Crippen MR) is 67.0 cm³/mol. The fourth-order valence-electron chi connectivity index (χ4n) is 2.24. The molecule has 1 saturated carbocycles. The summed E-state index contributed by atoms with van der Waals surface area (Å²) < 4.78 is 0. The van der Waals surface area contributed by atoms with E-state index >= 15 is 0 Å². The zero-order valence-corrected chi connectivity index (χ0v) is 9.21. The normalized spacial score (nSPS) is 17.3. The van der Waals surface area contributed by atoms with Crippen LogP contribution in [0.25, 0.3) is 6.08 Å². The van der Waals surface area contributed by atoms with Gasteiger partial charge in [-0.1, -0.05) is 44.1 Å². The minimum atomic E-state index is 0.679. The molecule has 1 fully saturated rings. The first-order valence-electron chi connectivity index (χ1n) is 5.87. The molecule has 1 aromatic carbocycles. The Balaban J connectivity index is 1.99. The molecule has 0 bridgehead atoms. The third kappa shape index (κ3) is 2.85. The monoisotopic (exact) mass is 201 g/mol. The molecule has 0 aliphatic heterocycles. The van der Waals surface area contributed by atoms with Crippen LogP contribution < -0.4 is 5.32 Å². The second kappa shape index (κ2) is 5.01. The molecule has 0 unspecified atom stereocenters. The summed E-state index contributed by atoms with van der Waals surface area (Å²) in [7, 11) is 0. The van der Waals surface area contributed by atoms with Crippen molar-refractivity contribution in [1.82, 2.24) is 0 Å². The Hall–Kier alpha value is -1.24. The quantitative estimate of drug-likeness (QED) is 0.777. The van der Waals surface area contributed by atoms with Crippen LogP contribution in [0.4, 0.5) is 5.69 Å². The summed E-state index contributed by atoms with van der Waals surface area (Å²) in [5.41, 5.74) is 2.43. The number of rotatable bonds is 3. The number of hydrogen-bond donors (Lipinski definition) is 1. The van der Waals surface area contributed by atoms with Gasteiger partial charge in [0.15, 0.2) is 0 Å². The molecule has 80 valence electrons. The van der Waals surface area contributed by atoms with Crippen LogP contribution in [0.3, 0.4) is 0 Å². The van der Waals surface area contributed by atoms with Gasteiger partial charge in [0.2, 0.25) is 0 Å². The van der Waals surface area contributed by atoms with Crippen LogP contribution in [0.5, 0.6) is 0 Å². The Kier molecular flexibility index (Phi) is 3.44. The molecule has 1 N–H and O–H groups in total. The molecule has 0 saturated heterocycles. The van der Waals surface area contributed by atoms with E-state index in [1.165, 1.54) is 43.4 Å². The van der Waals surface area contributed by atoms with Gasteiger partial charge in [0.1, 0.15) is 0 Å². The second-order valence-electron chi connectivity index (χ2n) is 4.31. The van der Waals surface area contributed by atoms with Crippen molar-refractivity contribution in [3.63, 3.8) is 0 Å².